The fourth-order valence-corrected chi connectivity index (χ4v) is 4.61. The molecule has 33 heavy (non-hydrogen) atoms. The molecule has 1 atom stereocenters. The summed E-state index contributed by atoms with van der Waals surface area (Å²) in [5.41, 5.74) is 3.46. The van der Waals surface area contributed by atoms with Gasteiger partial charge >= 0.3 is 0 Å². The Morgan fingerprint density at radius 3 is 2.61 bits per heavy atom. The number of hydrogen-bond acceptors (Lipinski definition) is 6. The number of piperidine rings is 1. The summed E-state index contributed by atoms with van der Waals surface area (Å²) in [4.78, 5) is 11.5. The number of fused-ring (bicyclic) bond motifs is 1. The van der Waals surface area contributed by atoms with Gasteiger partial charge in [-0.25, -0.2) is 9.97 Å². The van der Waals surface area contributed by atoms with Crippen LogP contribution >= 0.6 is 0 Å². The Labute approximate surface area is 194 Å². The first kappa shape index (κ1) is 21.5. The van der Waals surface area contributed by atoms with Crippen molar-refractivity contribution in [2.45, 2.75) is 32.3 Å². The molecule has 5 rings (SSSR count). The highest BCUT2D eigenvalue weighted by atomic mass is 16.5. The zero-order valence-corrected chi connectivity index (χ0v) is 19.2. The van der Waals surface area contributed by atoms with Gasteiger partial charge in [0.15, 0.2) is 0 Å². The average molecular weight is 444 g/mol. The number of ether oxygens (including phenoxy) is 2. The Balaban J connectivity index is 1.61. The molecule has 1 fully saturated rings. The molecule has 1 aliphatic heterocycles. The van der Waals surface area contributed by atoms with E-state index in [4.69, 9.17) is 13.9 Å². The Bertz CT molecular complexity index is 1200. The van der Waals surface area contributed by atoms with Crippen LogP contribution in [0.4, 0.5) is 0 Å². The molecule has 1 unspecified atom stereocenters. The van der Waals surface area contributed by atoms with Gasteiger partial charge in [0.25, 0.3) is 0 Å². The predicted octanol–water partition coefficient (Wildman–Crippen LogP) is 5.82. The lowest BCUT2D eigenvalue weighted by atomic mass is 9.99. The molecule has 0 radical (unpaired) electrons. The molecule has 0 amide bonds. The van der Waals surface area contributed by atoms with E-state index in [0.29, 0.717) is 11.6 Å². The molecule has 2 aromatic carbocycles. The third-order valence-electron chi connectivity index (χ3n) is 6.15. The number of methoxy groups -OCH3 is 1. The van der Waals surface area contributed by atoms with E-state index in [9.17, 15) is 0 Å². The number of nitrogens with zero attached hydrogens (tertiary/aromatic N) is 3. The minimum atomic E-state index is 0.0993. The molecule has 6 nitrogen and oxygen atoms in total. The fraction of sp³-hybridized carbons (Fsp3) is 0.333. The van der Waals surface area contributed by atoms with E-state index in [2.05, 4.69) is 21.8 Å². The highest BCUT2D eigenvalue weighted by molar-refractivity contribution is 6.03. The summed E-state index contributed by atoms with van der Waals surface area (Å²) in [7, 11) is 1.67. The van der Waals surface area contributed by atoms with Gasteiger partial charge in [-0.05, 0) is 50.0 Å². The quantitative estimate of drug-likeness (QED) is 0.359. The normalized spacial score (nSPS) is 16.7. The molecular formula is C27H29N3O3. The Morgan fingerprint density at radius 1 is 1.03 bits per heavy atom. The molecule has 0 bridgehead atoms. The van der Waals surface area contributed by atoms with Crippen molar-refractivity contribution in [2.24, 2.45) is 0 Å². The molecule has 1 saturated heterocycles. The van der Waals surface area contributed by atoms with Crippen molar-refractivity contribution in [1.29, 1.82) is 0 Å². The Morgan fingerprint density at radius 2 is 1.85 bits per heavy atom. The van der Waals surface area contributed by atoms with Crippen LogP contribution in [0.5, 0.6) is 11.6 Å². The first-order valence-corrected chi connectivity index (χ1v) is 11.6. The van der Waals surface area contributed by atoms with E-state index in [1.54, 1.807) is 7.11 Å². The Hall–Kier alpha value is -3.38. The molecular weight excluding hydrogens is 414 g/mol. The van der Waals surface area contributed by atoms with Crippen LogP contribution < -0.4 is 9.47 Å². The van der Waals surface area contributed by atoms with Gasteiger partial charge < -0.3 is 13.9 Å². The minimum absolute atomic E-state index is 0.0993. The maximum absolute atomic E-state index is 6.52. The van der Waals surface area contributed by atoms with Crippen LogP contribution in [0.1, 0.15) is 26.2 Å². The third-order valence-corrected chi connectivity index (χ3v) is 6.15. The standard InChI is InChI=1S/C27H29N3O3/c1-3-15-30-16-7-10-22(17-30)32-26-24-23(19-11-13-21(31-2)14-12-19)25(20-8-5-4-6-9-20)33-27(24)29-18-28-26/h4-6,8-9,11-14,18,22H,3,7,10,15-17H2,1-2H3. The van der Waals surface area contributed by atoms with Gasteiger partial charge in [-0.1, -0.05) is 49.4 Å². The van der Waals surface area contributed by atoms with E-state index in [0.717, 1.165) is 72.5 Å². The summed E-state index contributed by atoms with van der Waals surface area (Å²) in [6, 6.07) is 18.1. The summed E-state index contributed by atoms with van der Waals surface area (Å²) in [5.74, 6) is 2.15. The van der Waals surface area contributed by atoms with Crippen LogP contribution in [0.2, 0.25) is 0 Å². The van der Waals surface area contributed by atoms with Crippen LogP contribution in [0.15, 0.2) is 65.3 Å². The van der Waals surface area contributed by atoms with Crippen molar-refractivity contribution < 1.29 is 13.9 Å². The number of furan rings is 1. The van der Waals surface area contributed by atoms with Crippen LogP contribution in [0, 0.1) is 0 Å². The predicted molar refractivity (Wildman–Crippen MR) is 130 cm³/mol. The van der Waals surface area contributed by atoms with Gasteiger partial charge in [-0.15, -0.1) is 0 Å². The summed E-state index contributed by atoms with van der Waals surface area (Å²) in [5, 5.41) is 0.814. The number of hydrogen-bond donors (Lipinski definition) is 0. The van der Waals surface area contributed by atoms with Gasteiger partial charge in [0, 0.05) is 17.7 Å². The van der Waals surface area contributed by atoms with Crippen molar-refractivity contribution >= 4 is 11.1 Å². The lowest BCUT2D eigenvalue weighted by Gasteiger charge is -2.32. The van der Waals surface area contributed by atoms with Gasteiger partial charge in [-0.2, -0.15) is 0 Å². The maximum atomic E-state index is 6.52. The maximum Gasteiger partial charge on any atom is 0.234 e. The van der Waals surface area contributed by atoms with Crippen LogP contribution in [0.25, 0.3) is 33.6 Å². The van der Waals surface area contributed by atoms with Gasteiger partial charge in [0.05, 0.1) is 7.11 Å². The highest BCUT2D eigenvalue weighted by Crippen LogP contribution is 2.43. The zero-order valence-electron chi connectivity index (χ0n) is 19.2. The number of rotatable bonds is 7. The molecule has 170 valence electrons. The third kappa shape index (κ3) is 4.44. The lowest BCUT2D eigenvalue weighted by molar-refractivity contribution is 0.0863. The van der Waals surface area contributed by atoms with E-state index in [1.165, 1.54) is 6.33 Å². The van der Waals surface area contributed by atoms with E-state index in [1.807, 2.05) is 54.6 Å². The van der Waals surface area contributed by atoms with Gasteiger partial charge in [0.1, 0.15) is 29.3 Å². The largest absolute Gasteiger partial charge is 0.497 e. The van der Waals surface area contributed by atoms with E-state index in [-0.39, 0.29) is 6.10 Å². The SMILES string of the molecule is CCCN1CCCC(Oc2ncnc3oc(-c4ccccc4)c(-c4ccc(OC)cc4)c23)C1. The molecule has 0 aliphatic carbocycles. The zero-order chi connectivity index (χ0) is 22.6. The monoisotopic (exact) mass is 443 g/mol. The second kappa shape index (κ2) is 9.63. The first-order valence-electron chi connectivity index (χ1n) is 11.6. The summed E-state index contributed by atoms with van der Waals surface area (Å²) in [6.07, 6.45) is 4.93. The molecule has 0 N–H and O–H groups in total. The smallest absolute Gasteiger partial charge is 0.234 e. The molecule has 6 heteroatoms. The summed E-state index contributed by atoms with van der Waals surface area (Å²) < 4.78 is 18.2. The minimum Gasteiger partial charge on any atom is -0.497 e. The van der Waals surface area contributed by atoms with Crippen molar-refractivity contribution in [1.82, 2.24) is 14.9 Å². The van der Waals surface area contributed by atoms with Gasteiger partial charge in [0.2, 0.25) is 11.6 Å². The number of aromatic nitrogens is 2. The van der Waals surface area contributed by atoms with Gasteiger partial charge in [-0.3, -0.25) is 4.90 Å². The fourth-order valence-electron chi connectivity index (χ4n) is 4.61. The van der Waals surface area contributed by atoms with Crippen molar-refractivity contribution in [2.75, 3.05) is 26.7 Å². The number of benzene rings is 2. The van der Waals surface area contributed by atoms with Crippen LogP contribution in [-0.2, 0) is 0 Å². The molecule has 3 heterocycles. The molecule has 0 saturated carbocycles. The van der Waals surface area contributed by atoms with Crippen LogP contribution in [0.3, 0.4) is 0 Å². The van der Waals surface area contributed by atoms with Crippen molar-refractivity contribution in [3.8, 4) is 34.1 Å². The molecule has 4 aromatic rings. The van der Waals surface area contributed by atoms with Crippen molar-refractivity contribution in [3.05, 3.63) is 60.9 Å². The van der Waals surface area contributed by atoms with E-state index >= 15 is 0 Å². The Kier molecular flexibility index (Phi) is 6.26. The number of likely N-dealkylation sites (tertiary alicyclic amines) is 1. The second-order valence-corrected chi connectivity index (χ2v) is 8.44. The first-order chi connectivity index (χ1) is 16.3. The molecule has 0 spiro atoms. The lowest BCUT2D eigenvalue weighted by Crippen LogP contribution is -2.41. The summed E-state index contributed by atoms with van der Waals surface area (Å²) >= 11 is 0. The van der Waals surface area contributed by atoms with Crippen molar-refractivity contribution in [3.63, 3.8) is 0 Å². The van der Waals surface area contributed by atoms with E-state index < -0.39 is 0 Å². The summed E-state index contributed by atoms with van der Waals surface area (Å²) in [6.45, 7) is 5.37. The average Bonchev–Trinajstić information content (AvgIpc) is 3.26. The van der Waals surface area contributed by atoms with Crippen LogP contribution in [-0.4, -0.2) is 47.7 Å². The molecule has 1 aliphatic rings. The highest BCUT2D eigenvalue weighted by Gasteiger charge is 2.26. The topological polar surface area (TPSA) is 60.6 Å². The second-order valence-electron chi connectivity index (χ2n) is 8.44. The molecule has 2 aromatic heterocycles.